The molecular formula is C15H17NO4S. The van der Waals surface area contributed by atoms with Crippen molar-refractivity contribution in [3.05, 3.63) is 40.3 Å². The van der Waals surface area contributed by atoms with Crippen molar-refractivity contribution in [2.24, 2.45) is 0 Å². The fourth-order valence-electron chi connectivity index (χ4n) is 1.79. The molecule has 0 radical (unpaired) electrons. The lowest BCUT2D eigenvalue weighted by Gasteiger charge is -2.10. The number of para-hydroxylation sites is 2. The molecular weight excluding hydrogens is 290 g/mol. The van der Waals surface area contributed by atoms with Crippen LogP contribution in [0.2, 0.25) is 0 Å². The zero-order valence-electron chi connectivity index (χ0n) is 11.7. The van der Waals surface area contributed by atoms with Crippen molar-refractivity contribution >= 4 is 17.3 Å². The van der Waals surface area contributed by atoms with Gasteiger partial charge in [-0.3, -0.25) is 4.79 Å². The van der Waals surface area contributed by atoms with Gasteiger partial charge in [0.2, 0.25) is 0 Å². The number of carboxylic acid groups (broad SMARTS) is 1. The van der Waals surface area contributed by atoms with Crippen LogP contribution in [0.5, 0.6) is 11.5 Å². The number of aliphatic carboxylic acids is 1. The smallest absolute Gasteiger partial charge is 0.309 e. The van der Waals surface area contributed by atoms with E-state index in [4.69, 9.17) is 14.6 Å². The maximum atomic E-state index is 10.6. The van der Waals surface area contributed by atoms with Crippen LogP contribution in [0.3, 0.4) is 0 Å². The van der Waals surface area contributed by atoms with Gasteiger partial charge in [0.25, 0.3) is 0 Å². The summed E-state index contributed by atoms with van der Waals surface area (Å²) in [5.41, 5.74) is 0.595. The molecule has 0 saturated heterocycles. The Morgan fingerprint density at radius 2 is 2.00 bits per heavy atom. The largest absolute Gasteiger partial charge is 0.490 e. The molecule has 1 heterocycles. The molecule has 0 aliphatic carbocycles. The normalized spacial score (nSPS) is 10.3. The van der Waals surface area contributed by atoms with Gasteiger partial charge in [-0.1, -0.05) is 12.1 Å². The first-order chi connectivity index (χ1) is 10.2. The summed E-state index contributed by atoms with van der Waals surface area (Å²) in [7, 11) is 0. The molecule has 0 bridgehead atoms. The van der Waals surface area contributed by atoms with E-state index >= 15 is 0 Å². The first-order valence-corrected chi connectivity index (χ1v) is 7.56. The monoisotopic (exact) mass is 307 g/mol. The van der Waals surface area contributed by atoms with Gasteiger partial charge in [0, 0.05) is 11.8 Å². The van der Waals surface area contributed by atoms with Crippen LogP contribution < -0.4 is 9.47 Å². The molecule has 0 amide bonds. The number of carboxylic acids is 1. The van der Waals surface area contributed by atoms with Crippen LogP contribution >= 0.6 is 11.3 Å². The van der Waals surface area contributed by atoms with E-state index in [1.807, 2.05) is 31.2 Å². The molecule has 2 aromatic rings. The highest BCUT2D eigenvalue weighted by atomic mass is 32.1. The Balaban J connectivity index is 1.86. The SMILES string of the molecule is CCOc1ccccc1OCCc1nc(CC(=O)O)cs1. The Labute approximate surface area is 127 Å². The summed E-state index contributed by atoms with van der Waals surface area (Å²) in [4.78, 5) is 14.9. The third kappa shape index (κ3) is 4.75. The molecule has 0 aliphatic rings. The van der Waals surface area contributed by atoms with Crippen molar-refractivity contribution < 1.29 is 19.4 Å². The lowest BCUT2D eigenvalue weighted by atomic mass is 10.3. The van der Waals surface area contributed by atoms with Gasteiger partial charge < -0.3 is 14.6 Å². The number of rotatable bonds is 8. The van der Waals surface area contributed by atoms with Crippen LogP contribution in [0.25, 0.3) is 0 Å². The number of hydrogen-bond donors (Lipinski definition) is 1. The van der Waals surface area contributed by atoms with E-state index in [0.29, 0.717) is 31.1 Å². The third-order valence-electron chi connectivity index (χ3n) is 2.65. The van der Waals surface area contributed by atoms with Gasteiger partial charge in [0.05, 0.1) is 30.3 Å². The van der Waals surface area contributed by atoms with Crippen molar-refractivity contribution in [2.45, 2.75) is 19.8 Å². The summed E-state index contributed by atoms with van der Waals surface area (Å²) in [6, 6.07) is 7.53. The zero-order valence-corrected chi connectivity index (χ0v) is 12.6. The van der Waals surface area contributed by atoms with Crippen molar-refractivity contribution in [3.63, 3.8) is 0 Å². The standard InChI is InChI=1S/C15H17NO4S/c1-2-19-12-5-3-4-6-13(12)20-8-7-14-16-11(10-21-14)9-15(17)18/h3-6,10H,2,7-9H2,1H3,(H,17,18). The highest BCUT2D eigenvalue weighted by Gasteiger charge is 2.07. The minimum atomic E-state index is -0.867. The van der Waals surface area contributed by atoms with Gasteiger partial charge in [-0.15, -0.1) is 11.3 Å². The summed E-state index contributed by atoms with van der Waals surface area (Å²) < 4.78 is 11.2. The summed E-state index contributed by atoms with van der Waals surface area (Å²) >= 11 is 1.46. The number of hydrogen-bond acceptors (Lipinski definition) is 5. The van der Waals surface area contributed by atoms with Crippen LogP contribution in [-0.2, 0) is 17.6 Å². The van der Waals surface area contributed by atoms with Crippen molar-refractivity contribution in [2.75, 3.05) is 13.2 Å². The third-order valence-corrected chi connectivity index (χ3v) is 3.61. The average Bonchev–Trinajstić information content (AvgIpc) is 2.88. The minimum absolute atomic E-state index is 0.0372. The first-order valence-electron chi connectivity index (χ1n) is 6.68. The predicted molar refractivity (Wildman–Crippen MR) is 80.3 cm³/mol. The predicted octanol–water partition coefficient (Wildman–Crippen LogP) is 2.79. The van der Waals surface area contributed by atoms with E-state index in [0.717, 1.165) is 10.8 Å². The quantitative estimate of drug-likeness (QED) is 0.812. The maximum absolute atomic E-state index is 10.6. The minimum Gasteiger partial charge on any atom is -0.490 e. The Bertz CT molecular complexity index is 597. The Kier molecular flexibility index (Phi) is 5.57. The lowest BCUT2D eigenvalue weighted by Crippen LogP contribution is -2.04. The summed E-state index contributed by atoms with van der Waals surface area (Å²) in [5, 5.41) is 11.4. The number of benzene rings is 1. The second-order valence-electron chi connectivity index (χ2n) is 4.28. The Hall–Kier alpha value is -2.08. The number of thiazole rings is 1. The van der Waals surface area contributed by atoms with E-state index in [-0.39, 0.29) is 6.42 Å². The first kappa shape index (κ1) is 15.3. The summed E-state index contributed by atoms with van der Waals surface area (Å²) in [6.45, 7) is 2.99. The van der Waals surface area contributed by atoms with Gasteiger partial charge in [-0.2, -0.15) is 0 Å². The number of ether oxygens (including phenoxy) is 2. The molecule has 0 fully saturated rings. The summed E-state index contributed by atoms with van der Waals surface area (Å²) in [6.07, 6.45) is 0.606. The molecule has 1 aromatic carbocycles. The fraction of sp³-hybridized carbons (Fsp3) is 0.333. The Morgan fingerprint density at radius 3 is 2.67 bits per heavy atom. The van der Waals surface area contributed by atoms with Crippen molar-refractivity contribution in [1.29, 1.82) is 0 Å². The number of aromatic nitrogens is 1. The molecule has 21 heavy (non-hydrogen) atoms. The highest BCUT2D eigenvalue weighted by Crippen LogP contribution is 2.26. The van der Waals surface area contributed by atoms with Gasteiger partial charge in [-0.05, 0) is 19.1 Å². The van der Waals surface area contributed by atoms with Crippen LogP contribution in [0.15, 0.2) is 29.6 Å². The molecule has 112 valence electrons. The van der Waals surface area contributed by atoms with Gasteiger partial charge in [-0.25, -0.2) is 4.98 Å². The van der Waals surface area contributed by atoms with Crippen LogP contribution in [-0.4, -0.2) is 29.3 Å². The number of carbonyl (C=O) groups is 1. The molecule has 2 rings (SSSR count). The highest BCUT2D eigenvalue weighted by molar-refractivity contribution is 7.09. The lowest BCUT2D eigenvalue weighted by molar-refractivity contribution is -0.136. The molecule has 6 heteroatoms. The van der Waals surface area contributed by atoms with Gasteiger partial charge in [0.15, 0.2) is 11.5 Å². The van der Waals surface area contributed by atoms with Crippen molar-refractivity contribution in [1.82, 2.24) is 4.98 Å². The second-order valence-corrected chi connectivity index (χ2v) is 5.22. The van der Waals surface area contributed by atoms with E-state index in [1.54, 1.807) is 5.38 Å². The fourth-order valence-corrected chi connectivity index (χ4v) is 2.57. The Morgan fingerprint density at radius 1 is 1.29 bits per heavy atom. The van der Waals surface area contributed by atoms with E-state index in [1.165, 1.54) is 11.3 Å². The molecule has 0 spiro atoms. The summed E-state index contributed by atoms with van der Waals surface area (Å²) in [5.74, 6) is 0.570. The maximum Gasteiger partial charge on any atom is 0.309 e. The molecule has 0 saturated carbocycles. The second kappa shape index (κ2) is 7.64. The van der Waals surface area contributed by atoms with E-state index in [2.05, 4.69) is 4.98 Å². The van der Waals surface area contributed by atoms with E-state index in [9.17, 15) is 4.79 Å². The molecule has 5 nitrogen and oxygen atoms in total. The van der Waals surface area contributed by atoms with Crippen molar-refractivity contribution in [3.8, 4) is 11.5 Å². The molecule has 1 aromatic heterocycles. The van der Waals surface area contributed by atoms with E-state index < -0.39 is 5.97 Å². The zero-order chi connectivity index (χ0) is 15.1. The topological polar surface area (TPSA) is 68.7 Å². The van der Waals surface area contributed by atoms with Gasteiger partial charge in [0.1, 0.15) is 0 Å². The molecule has 1 N–H and O–H groups in total. The van der Waals surface area contributed by atoms with Crippen LogP contribution in [0.1, 0.15) is 17.6 Å². The van der Waals surface area contributed by atoms with Gasteiger partial charge >= 0.3 is 5.97 Å². The number of nitrogens with zero attached hydrogens (tertiary/aromatic N) is 1. The molecule has 0 aliphatic heterocycles. The van der Waals surface area contributed by atoms with Crippen LogP contribution in [0.4, 0.5) is 0 Å². The molecule has 0 atom stereocenters. The molecule has 0 unspecified atom stereocenters. The average molecular weight is 307 g/mol. The van der Waals surface area contributed by atoms with Crippen LogP contribution in [0, 0.1) is 0 Å².